The Hall–Kier alpha value is 1.04. The van der Waals surface area contributed by atoms with Crippen LogP contribution in [0.3, 0.4) is 0 Å². The van der Waals surface area contributed by atoms with Crippen LogP contribution in [0.15, 0.2) is 39.3 Å². The molecule has 3 rings (SSSR count). The van der Waals surface area contributed by atoms with E-state index in [4.69, 9.17) is 22.8 Å². The fraction of sp³-hybridized carbons (Fsp3) is 0.368. The quantitative estimate of drug-likeness (QED) is 0.179. The molecule has 0 amide bonds. The number of nitrogens with one attached hydrogen (secondary N) is 1. The van der Waals surface area contributed by atoms with Crippen LogP contribution in [0.2, 0.25) is 13.1 Å². The van der Waals surface area contributed by atoms with E-state index in [9.17, 15) is 0 Å². The summed E-state index contributed by atoms with van der Waals surface area (Å²) in [5.74, 6) is 0. The molecule has 1 aliphatic carbocycles. The Morgan fingerprint density at radius 3 is 2.04 bits per heavy atom. The molecule has 1 N–H and O–H groups in total. The van der Waals surface area contributed by atoms with Gasteiger partial charge in [-0.25, -0.2) is 0 Å². The normalized spacial score (nSPS) is 10.5. The Kier molecular flexibility index (Phi) is 14.7. The van der Waals surface area contributed by atoms with E-state index in [0.29, 0.717) is 0 Å². The van der Waals surface area contributed by atoms with E-state index < -0.39 is 20.8 Å². The SMILES string of the molecule is Brc1[c-]c2c(cc1)-c1ccc(Br)cc1C2.CC(C)(C)[NH-].C[SiH]C.[Cl][Zr+2][Cl]. The van der Waals surface area contributed by atoms with Gasteiger partial charge in [-0.15, -0.1) is 16.7 Å². The zero-order chi connectivity index (χ0) is 20.3. The molecule has 2 aromatic carbocycles. The van der Waals surface area contributed by atoms with Crippen molar-refractivity contribution in [1.29, 1.82) is 0 Å². The molecule has 2 aromatic rings. The molecular weight excluding hydrogens is 592 g/mol. The van der Waals surface area contributed by atoms with Crippen LogP contribution in [0.25, 0.3) is 16.9 Å². The van der Waals surface area contributed by atoms with E-state index in [1.165, 1.54) is 22.3 Å². The average molecular weight is 616 g/mol. The first-order valence-electron chi connectivity index (χ1n) is 8.02. The predicted molar refractivity (Wildman–Crippen MR) is 124 cm³/mol. The van der Waals surface area contributed by atoms with Gasteiger partial charge in [0.05, 0.1) is 0 Å². The molecule has 0 fully saturated rings. The number of rotatable bonds is 0. The molecule has 0 aliphatic heterocycles. The van der Waals surface area contributed by atoms with Crippen molar-refractivity contribution in [2.45, 2.75) is 45.8 Å². The number of hydrogen-bond donors (Lipinski definition) is 0. The van der Waals surface area contributed by atoms with Crippen LogP contribution < -0.4 is 0 Å². The number of hydrogen-bond acceptors (Lipinski definition) is 0. The summed E-state index contributed by atoms with van der Waals surface area (Å²) in [6.45, 7) is 9.98. The van der Waals surface area contributed by atoms with Crippen molar-refractivity contribution in [3.05, 3.63) is 62.2 Å². The Bertz CT molecular complexity index is 622. The molecule has 0 unspecified atom stereocenters. The maximum absolute atomic E-state index is 6.94. The minimum absolute atomic E-state index is 0.250. The van der Waals surface area contributed by atoms with Gasteiger partial charge in [0.15, 0.2) is 0 Å². The van der Waals surface area contributed by atoms with Gasteiger partial charge in [-0.2, -0.15) is 18.2 Å². The minimum atomic E-state index is -0.826. The molecule has 0 atom stereocenters. The standard InChI is InChI=1S/C13H7Br2.C4H10N.C2H7Si.2ClH.Zr/c14-10-1-3-12-8(6-10)5-9-7-11(15)2-4-13(9)12;1-4(2,3)5;1-3-2;;;/h1-4,6H,5H2;5H,1-3H3;3H,1-2H3;2*1H;/q2*-1;;;;+4/p-2. The van der Waals surface area contributed by atoms with E-state index in [1.54, 1.807) is 0 Å². The van der Waals surface area contributed by atoms with Crippen molar-refractivity contribution in [2.24, 2.45) is 0 Å². The van der Waals surface area contributed by atoms with Crippen molar-refractivity contribution in [3.63, 3.8) is 0 Å². The average Bonchev–Trinajstić information content (AvgIpc) is 2.83. The zero-order valence-electron chi connectivity index (χ0n) is 15.7. The number of benzene rings is 2. The summed E-state index contributed by atoms with van der Waals surface area (Å²) in [7, 11) is 10.6. The van der Waals surface area contributed by atoms with Crippen LogP contribution >= 0.6 is 48.9 Å². The molecule has 0 saturated carbocycles. The zero-order valence-corrected chi connectivity index (χ0v) is 24.0. The Balaban J connectivity index is 0.000000477. The fourth-order valence-electron chi connectivity index (χ4n) is 2.06. The van der Waals surface area contributed by atoms with Crippen LogP contribution in [0.1, 0.15) is 31.9 Å². The molecular formula is C19H24Br2Cl2NSiZr. The fourth-order valence-corrected chi connectivity index (χ4v) is 2.84. The van der Waals surface area contributed by atoms with Crippen LogP contribution in [0, 0.1) is 6.07 Å². The molecule has 0 saturated heterocycles. The van der Waals surface area contributed by atoms with Crippen LogP contribution in [0.5, 0.6) is 0 Å². The van der Waals surface area contributed by atoms with Gasteiger partial charge in [0, 0.05) is 14.0 Å². The van der Waals surface area contributed by atoms with Crippen molar-refractivity contribution in [3.8, 4) is 11.1 Å². The van der Waals surface area contributed by atoms with E-state index in [1.807, 2.05) is 20.8 Å². The van der Waals surface area contributed by atoms with Gasteiger partial charge in [0.1, 0.15) is 0 Å². The summed E-state index contributed by atoms with van der Waals surface area (Å²) in [4.78, 5) is 0. The second kappa shape index (κ2) is 14.1. The first-order chi connectivity index (χ1) is 12.1. The summed E-state index contributed by atoms with van der Waals surface area (Å²) in [5.41, 5.74) is 12.0. The maximum atomic E-state index is 6.94. The first kappa shape index (κ1) is 27.0. The van der Waals surface area contributed by atoms with Gasteiger partial charge in [0.25, 0.3) is 0 Å². The van der Waals surface area contributed by atoms with Crippen molar-refractivity contribution < 1.29 is 20.8 Å². The Morgan fingerprint density at radius 1 is 1.08 bits per heavy atom. The summed E-state index contributed by atoms with van der Waals surface area (Å²) in [6.07, 6.45) is 0.990. The number of fused-ring (bicyclic) bond motifs is 3. The van der Waals surface area contributed by atoms with Gasteiger partial charge in [-0.05, 0) is 24.1 Å². The second-order valence-electron chi connectivity index (χ2n) is 6.58. The molecule has 0 bridgehead atoms. The van der Waals surface area contributed by atoms with Crippen LogP contribution in [0.4, 0.5) is 0 Å². The van der Waals surface area contributed by atoms with Gasteiger partial charge < -0.3 is 5.73 Å². The van der Waals surface area contributed by atoms with E-state index in [0.717, 1.165) is 24.9 Å². The number of halogens is 4. The Morgan fingerprint density at radius 2 is 1.54 bits per heavy atom. The summed E-state index contributed by atoms with van der Waals surface area (Å²) >= 11 is 6.14. The summed E-state index contributed by atoms with van der Waals surface area (Å²) in [6, 6.07) is 14.0. The van der Waals surface area contributed by atoms with Crippen LogP contribution in [-0.4, -0.2) is 15.1 Å². The third-order valence-electron chi connectivity index (χ3n) is 2.72. The molecule has 141 valence electrons. The molecule has 1 aliphatic rings. The van der Waals surface area contributed by atoms with E-state index in [-0.39, 0.29) is 5.54 Å². The molecule has 1 radical (unpaired) electrons. The third kappa shape index (κ3) is 11.8. The summed E-state index contributed by atoms with van der Waals surface area (Å²) < 4.78 is 2.18. The molecule has 26 heavy (non-hydrogen) atoms. The monoisotopic (exact) mass is 612 g/mol. The molecule has 1 nitrogen and oxygen atoms in total. The van der Waals surface area contributed by atoms with Gasteiger partial charge in [-0.1, -0.05) is 81.8 Å². The third-order valence-corrected chi connectivity index (χ3v) is 3.67. The van der Waals surface area contributed by atoms with Crippen molar-refractivity contribution >= 4 is 58.4 Å². The van der Waals surface area contributed by atoms with Gasteiger partial charge in [-0.3, -0.25) is 0 Å². The molecule has 0 heterocycles. The van der Waals surface area contributed by atoms with Gasteiger partial charge >= 0.3 is 37.9 Å². The van der Waals surface area contributed by atoms with Crippen molar-refractivity contribution in [2.75, 3.05) is 0 Å². The predicted octanol–water partition coefficient (Wildman–Crippen LogP) is 8.32. The Labute approximate surface area is 196 Å². The second-order valence-corrected chi connectivity index (χ2v) is 13.2. The van der Waals surface area contributed by atoms with E-state index >= 15 is 0 Å². The first-order valence-corrected chi connectivity index (χ1v) is 18.2. The van der Waals surface area contributed by atoms with Crippen LogP contribution in [-0.2, 0) is 27.3 Å². The van der Waals surface area contributed by atoms with Crippen molar-refractivity contribution in [1.82, 2.24) is 0 Å². The molecule has 0 spiro atoms. The van der Waals surface area contributed by atoms with E-state index in [2.05, 4.69) is 81.4 Å². The van der Waals surface area contributed by atoms with Gasteiger partial charge in [0.2, 0.25) is 0 Å². The topological polar surface area (TPSA) is 23.8 Å². The molecule has 0 aromatic heterocycles. The summed E-state index contributed by atoms with van der Waals surface area (Å²) in [5, 5.41) is 0. The molecule has 7 heteroatoms.